The van der Waals surface area contributed by atoms with Crippen LogP contribution < -0.4 is 0 Å². The average Bonchev–Trinajstić information content (AvgIpc) is 3.20. The largest absolute Gasteiger partial charge is 0.336 e. The molecule has 2 aliphatic rings. The number of imide groups is 1. The molecule has 8 nitrogen and oxygen atoms in total. The number of amides is 3. The quantitative estimate of drug-likeness (QED) is 0.747. The van der Waals surface area contributed by atoms with E-state index in [9.17, 15) is 22.8 Å². The summed E-state index contributed by atoms with van der Waals surface area (Å²) in [6.07, 6.45) is 0.552. The number of nitrogens with zero attached hydrogens (tertiary/aromatic N) is 3. The first-order valence-electron chi connectivity index (χ1n) is 8.02. The number of hydrogen-bond donors (Lipinski definition) is 0. The van der Waals surface area contributed by atoms with Crippen molar-refractivity contribution < 1.29 is 22.8 Å². The lowest BCUT2D eigenvalue weighted by molar-refractivity contribution is -0.126. The molecule has 0 aliphatic carbocycles. The summed E-state index contributed by atoms with van der Waals surface area (Å²) in [6, 6.07) is 5.48. The maximum absolute atomic E-state index is 12.6. The number of rotatable bonds is 4. The zero-order chi connectivity index (χ0) is 19.1. The average molecular weight is 397 g/mol. The van der Waals surface area contributed by atoms with E-state index < -0.39 is 10.0 Å². The number of carbonyl (C=O) groups is 3. The molecular formula is C16H19N3O5S2. The second-order valence-electron chi connectivity index (χ2n) is 6.32. The van der Waals surface area contributed by atoms with Crippen molar-refractivity contribution in [3.05, 3.63) is 29.8 Å². The van der Waals surface area contributed by atoms with E-state index >= 15 is 0 Å². The lowest BCUT2D eigenvalue weighted by atomic mass is 10.2. The first-order valence-corrected chi connectivity index (χ1v) is 10.4. The number of likely N-dealkylation sites (tertiary alicyclic amines) is 1. The van der Waals surface area contributed by atoms with Crippen molar-refractivity contribution in [1.29, 1.82) is 0 Å². The summed E-state index contributed by atoms with van der Waals surface area (Å²) in [7, 11) is -0.661. The van der Waals surface area contributed by atoms with Crippen molar-refractivity contribution in [1.82, 2.24) is 14.1 Å². The molecule has 0 saturated carbocycles. The Labute approximate surface area is 156 Å². The lowest BCUT2D eigenvalue weighted by Gasteiger charge is -2.22. The van der Waals surface area contributed by atoms with E-state index in [1.54, 1.807) is 4.90 Å². The van der Waals surface area contributed by atoms with Crippen LogP contribution in [-0.2, 0) is 14.8 Å². The van der Waals surface area contributed by atoms with Crippen LogP contribution in [0.4, 0.5) is 4.79 Å². The van der Waals surface area contributed by atoms with Gasteiger partial charge in [-0.25, -0.2) is 12.7 Å². The minimum absolute atomic E-state index is 0.114. The normalized spacial score (nSPS) is 21.1. The van der Waals surface area contributed by atoms with Gasteiger partial charge in [-0.05, 0) is 30.7 Å². The monoisotopic (exact) mass is 397 g/mol. The maximum atomic E-state index is 12.6. The van der Waals surface area contributed by atoms with Crippen LogP contribution in [0.5, 0.6) is 0 Å². The van der Waals surface area contributed by atoms with Gasteiger partial charge in [0.2, 0.25) is 15.9 Å². The van der Waals surface area contributed by atoms with Gasteiger partial charge in [0.15, 0.2) is 0 Å². The molecule has 1 unspecified atom stereocenters. The van der Waals surface area contributed by atoms with Crippen LogP contribution in [0.1, 0.15) is 16.8 Å². The minimum atomic E-state index is -3.55. The molecule has 0 bridgehead atoms. The molecule has 1 aromatic carbocycles. The number of carbonyl (C=O) groups excluding carboxylic acids is 3. The number of benzene rings is 1. The van der Waals surface area contributed by atoms with E-state index in [2.05, 4.69) is 0 Å². The first kappa shape index (κ1) is 18.9. The van der Waals surface area contributed by atoms with E-state index in [0.717, 1.165) is 16.1 Å². The molecule has 2 saturated heterocycles. The fourth-order valence-electron chi connectivity index (χ4n) is 3.02. The van der Waals surface area contributed by atoms with Gasteiger partial charge in [-0.15, -0.1) is 0 Å². The molecule has 3 rings (SSSR count). The van der Waals surface area contributed by atoms with E-state index in [4.69, 9.17) is 0 Å². The Morgan fingerprint density at radius 3 is 2.38 bits per heavy atom. The van der Waals surface area contributed by atoms with E-state index in [0.29, 0.717) is 25.1 Å². The first-order chi connectivity index (χ1) is 12.2. The van der Waals surface area contributed by atoms with Crippen molar-refractivity contribution in [3.8, 4) is 0 Å². The highest BCUT2D eigenvalue weighted by molar-refractivity contribution is 8.14. The van der Waals surface area contributed by atoms with Crippen LogP contribution in [0.2, 0.25) is 0 Å². The predicted octanol–water partition coefficient (Wildman–Crippen LogP) is 0.847. The molecular weight excluding hydrogens is 378 g/mol. The van der Waals surface area contributed by atoms with Crippen molar-refractivity contribution in [2.45, 2.75) is 17.4 Å². The van der Waals surface area contributed by atoms with Crippen LogP contribution in [0.25, 0.3) is 0 Å². The van der Waals surface area contributed by atoms with Crippen LogP contribution in [0, 0.1) is 0 Å². The molecule has 0 aromatic heterocycles. The van der Waals surface area contributed by atoms with Gasteiger partial charge < -0.3 is 4.90 Å². The summed E-state index contributed by atoms with van der Waals surface area (Å²) in [6.45, 7) is 0.748. The molecule has 0 radical (unpaired) electrons. The van der Waals surface area contributed by atoms with Crippen LogP contribution in [-0.4, -0.2) is 78.6 Å². The van der Waals surface area contributed by atoms with E-state index in [1.165, 1.54) is 43.3 Å². The molecule has 140 valence electrons. The van der Waals surface area contributed by atoms with Gasteiger partial charge in [-0.3, -0.25) is 19.3 Å². The molecule has 2 heterocycles. The van der Waals surface area contributed by atoms with Gasteiger partial charge >= 0.3 is 0 Å². The zero-order valence-electron chi connectivity index (χ0n) is 14.4. The highest BCUT2D eigenvalue weighted by Gasteiger charge is 2.40. The van der Waals surface area contributed by atoms with E-state index in [-0.39, 0.29) is 33.7 Å². The van der Waals surface area contributed by atoms with E-state index in [1.807, 2.05) is 0 Å². The summed E-state index contributed by atoms with van der Waals surface area (Å²) in [5.41, 5.74) is 0.372. The number of sulfonamides is 1. The second-order valence-corrected chi connectivity index (χ2v) is 9.40. The SMILES string of the molecule is CN(C)S(=O)(=O)c1ccc(C(=O)N2CCC(N3C(=O)CSC3=O)C2)cc1. The molecule has 3 amide bonds. The fraction of sp³-hybridized carbons (Fsp3) is 0.438. The Balaban J connectivity index is 1.71. The molecule has 1 atom stereocenters. The van der Waals surface area contributed by atoms with Gasteiger partial charge in [0.25, 0.3) is 11.1 Å². The maximum Gasteiger partial charge on any atom is 0.289 e. The molecule has 26 heavy (non-hydrogen) atoms. The fourth-order valence-corrected chi connectivity index (χ4v) is 4.69. The van der Waals surface area contributed by atoms with Gasteiger partial charge in [0, 0.05) is 32.7 Å². The van der Waals surface area contributed by atoms with Gasteiger partial charge in [0.05, 0.1) is 16.7 Å². The smallest absolute Gasteiger partial charge is 0.289 e. The Morgan fingerprint density at radius 1 is 1.19 bits per heavy atom. The Hall–Kier alpha value is -1.91. The highest BCUT2D eigenvalue weighted by Crippen LogP contribution is 2.27. The topological polar surface area (TPSA) is 95.1 Å². The van der Waals surface area contributed by atoms with Gasteiger partial charge in [0.1, 0.15) is 0 Å². The molecule has 0 N–H and O–H groups in total. The number of thioether (sulfide) groups is 1. The third kappa shape index (κ3) is 3.36. The van der Waals surface area contributed by atoms with Crippen molar-refractivity contribution >= 4 is 38.8 Å². The second kappa shape index (κ2) is 7.01. The van der Waals surface area contributed by atoms with Crippen molar-refractivity contribution in [2.24, 2.45) is 0 Å². The van der Waals surface area contributed by atoms with Crippen molar-refractivity contribution in [2.75, 3.05) is 32.9 Å². The third-order valence-corrected chi connectivity index (χ3v) is 7.14. The summed E-state index contributed by atoms with van der Waals surface area (Å²) in [4.78, 5) is 39.2. The Kier molecular flexibility index (Phi) is 5.09. The van der Waals surface area contributed by atoms with Crippen molar-refractivity contribution in [3.63, 3.8) is 0 Å². The third-order valence-electron chi connectivity index (χ3n) is 4.48. The zero-order valence-corrected chi connectivity index (χ0v) is 16.0. The molecule has 2 aliphatic heterocycles. The summed E-state index contributed by atoms with van der Waals surface area (Å²) in [5.74, 6) is -0.295. The standard InChI is InChI=1S/C16H19N3O5S2/c1-17(2)26(23,24)13-5-3-11(4-6-13)15(21)18-8-7-12(9-18)19-14(20)10-25-16(19)22/h3-6,12H,7-10H2,1-2H3. The van der Waals surface area contributed by atoms with Crippen LogP contribution in [0.15, 0.2) is 29.2 Å². The van der Waals surface area contributed by atoms with Gasteiger partial charge in [-0.1, -0.05) is 11.8 Å². The Morgan fingerprint density at radius 2 is 1.85 bits per heavy atom. The summed E-state index contributed by atoms with van der Waals surface area (Å²) >= 11 is 0.986. The Bertz CT molecular complexity index is 835. The van der Waals surface area contributed by atoms with Crippen LogP contribution in [0.3, 0.4) is 0 Å². The minimum Gasteiger partial charge on any atom is -0.336 e. The summed E-state index contributed by atoms with van der Waals surface area (Å²) in [5, 5.41) is -0.257. The van der Waals surface area contributed by atoms with Crippen LogP contribution >= 0.6 is 11.8 Å². The molecule has 1 aromatic rings. The number of hydrogen-bond acceptors (Lipinski definition) is 6. The van der Waals surface area contributed by atoms with Gasteiger partial charge in [-0.2, -0.15) is 0 Å². The predicted molar refractivity (Wildman–Crippen MR) is 96.3 cm³/mol. The molecule has 0 spiro atoms. The highest BCUT2D eigenvalue weighted by atomic mass is 32.2. The molecule has 2 fully saturated rings. The molecule has 10 heteroatoms. The lowest BCUT2D eigenvalue weighted by Crippen LogP contribution is -2.41. The summed E-state index contributed by atoms with van der Waals surface area (Å²) < 4.78 is 25.3.